The van der Waals surface area contributed by atoms with Gasteiger partial charge >= 0.3 is 0 Å². The zero-order valence-electron chi connectivity index (χ0n) is 14.8. The Labute approximate surface area is 156 Å². The van der Waals surface area contributed by atoms with Crippen molar-refractivity contribution in [1.29, 1.82) is 0 Å². The molecule has 0 spiro atoms. The predicted molar refractivity (Wildman–Crippen MR) is 96.8 cm³/mol. The second kappa shape index (κ2) is 7.26. The second-order valence-corrected chi connectivity index (χ2v) is 6.96. The lowest BCUT2D eigenvalue weighted by Gasteiger charge is -2.26. The number of furan rings is 1. The van der Waals surface area contributed by atoms with Crippen molar-refractivity contribution in [3.8, 4) is 0 Å². The van der Waals surface area contributed by atoms with Gasteiger partial charge in [0.1, 0.15) is 5.76 Å². The normalized spacial score (nSPS) is 21.5. The number of benzene rings is 1. The first kappa shape index (κ1) is 17.3. The molecule has 27 heavy (non-hydrogen) atoms. The van der Waals surface area contributed by atoms with Crippen molar-refractivity contribution in [1.82, 2.24) is 15.5 Å². The van der Waals surface area contributed by atoms with Gasteiger partial charge in [-0.2, -0.15) is 0 Å². The Kier molecular flexibility index (Phi) is 4.66. The summed E-state index contributed by atoms with van der Waals surface area (Å²) in [7, 11) is 0. The summed E-state index contributed by atoms with van der Waals surface area (Å²) >= 11 is 0. The molecule has 2 N–H and O–H groups in total. The van der Waals surface area contributed by atoms with Gasteiger partial charge < -0.3 is 20.0 Å². The summed E-state index contributed by atoms with van der Waals surface area (Å²) in [6, 6.07) is 10.9. The van der Waals surface area contributed by atoms with Crippen LogP contribution >= 0.6 is 0 Å². The van der Waals surface area contributed by atoms with E-state index in [1.165, 1.54) is 4.90 Å². The third kappa shape index (κ3) is 3.86. The van der Waals surface area contributed by atoms with Crippen molar-refractivity contribution >= 4 is 17.7 Å². The van der Waals surface area contributed by atoms with E-state index in [4.69, 9.17) is 4.42 Å². The fraction of sp³-hybridized carbons (Fsp3) is 0.350. The number of carbonyl (C=O) groups is 3. The van der Waals surface area contributed by atoms with Crippen LogP contribution in [-0.2, 0) is 16.1 Å². The molecule has 1 aliphatic heterocycles. The minimum Gasteiger partial charge on any atom is -0.469 e. The highest BCUT2D eigenvalue weighted by molar-refractivity contribution is 5.97. The van der Waals surface area contributed by atoms with E-state index in [2.05, 4.69) is 10.6 Å². The molecule has 0 radical (unpaired) electrons. The maximum atomic E-state index is 12.4. The molecule has 1 aromatic heterocycles. The standard InChI is InChI=1S/C20H21N3O4/c24-18-12-23(8-7-21-18)20(26)14-5-3-13(4-6-14)11-22-19(25)16-10-15(16)17-2-1-9-27-17/h1-6,9,15-16H,7-8,10-12H2,(H,21,24)(H,22,25). The predicted octanol–water partition coefficient (Wildman–Crippen LogP) is 1.27. The summed E-state index contributed by atoms with van der Waals surface area (Å²) in [5.41, 5.74) is 1.46. The van der Waals surface area contributed by atoms with E-state index < -0.39 is 0 Å². The maximum absolute atomic E-state index is 12.4. The van der Waals surface area contributed by atoms with Gasteiger partial charge in [0.05, 0.1) is 12.8 Å². The first-order valence-corrected chi connectivity index (χ1v) is 9.08. The number of nitrogens with one attached hydrogen (secondary N) is 2. The Balaban J connectivity index is 1.29. The van der Waals surface area contributed by atoms with Crippen molar-refractivity contribution in [3.63, 3.8) is 0 Å². The number of rotatable bonds is 5. The lowest BCUT2D eigenvalue weighted by Crippen LogP contribution is -2.49. The van der Waals surface area contributed by atoms with Gasteiger partial charge in [0.25, 0.3) is 5.91 Å². The van der Waals surface area contributed by atoms with E-state index in [0.29, 0.717) is 25.2 Å². The lowest BCUT2D eigenvalue weighted by atomic mass is 10.1. The molecule has 2 fully saturated rings. The van der Waals surface area contributed by atoms with Crippen molar-refractivity contribution in [2.24, 2.45) is 5.92 Å². The minimum atomic E-state index is -0.153. The molecule has 2 heterocycles. The summed E-state index contributed by atoms with van der Waals surface area (Å²) in [5.74, 6) is 0.755. The van der Waals surface area contributed by atoms with Crippen LogP contribution in [0, 0.1) is 5.92 Å². The molecule has 1 aromatic carbocycles. The summed E-state index contributed by atoms with van der Waals surface area (Å²) in [6.45, 7) is 1.51. The molecule has 2 aliphatic rings. The van der Waals surface area contributed by atoms with Crippen LogP contribution in [0.2, 0.25) is 0 Å². The van der Waals surface area contributed by atoms with Crippen LogP contribution in [0.5, 0.6) is 0 Å². The van der Waals surface area contributed by atoms with Crippen molar-refractivity contribution < 1.29 is 18.8 Å². The third-order valence-corrected chi connectivity index (χ3v) is 5.03. The van der Waals surface area contributed by atoms with Gasteiger partial charge in [-0.1, -0.05) is 12.1 Å². The topological polar surface area (TPSA) is 91.7 Å². The molecule has 2 aromatic rings. The Morgan fingerprint density at radius 1 is 1.22 bits per heavy atom. The number of hydrogen-bond donors (Lipinski definition) is 2. The summed E-state index contributed by atoms with van der Waals surface area (Å²) < 4.78 is 5.35. The molecule has 1 aliphatic carbocycles. The van der Waals surface area contributed by atoms with Gasteiger partial charge in [-0.25, -0.2) is 0 Å². The van der Waals surface area contributed by atoms with Crippen LogP contribution in [0.1, 0.15) is 34.0 Å². The number of piperazine rings is 1. The van der Waals surface area contributed by atoms with E-state index in [1.54, 1.807) is 18.4 Å². The Bertz CT molecular complexity index is 845. The van der Waals surface area contributed by atoms with Gasteiger partial charge in [-0.15, -0.1) is 0 Å². The fourth-order valence-electron chi connectivity index (χ4n) is 3.38. The number of carbonyl (C=O) groups excluding carboxylic acids is 3. The molecular formula is C20H21N3O4. The Hall–Kier alpha value is -3.09. The summed E-state index contributed by atoms with van der Waals surface area (Å²) in [4.78, 5) is 37.6. The molecule has 7 heteroatoms. The number of nitrogens with zero attached hydrogens (tertiary/aromatic N) is 1. The van der Waals surface area contributed by atoms with Crippen LogP contribution in [-0.4, -0.2) is 42.3 Å². The first-order chi connectivity index (χ1) is 13.1. The molecule has 2 atom stereocenters. The average Bonchev–Trinajstić information content (AvgIpc) is 3.31. The number of hydrogen-bond acceptors (Lipinski definition) is 4. The van der Waals surface area contributed by atoms with E-state index in [-0.39, 0.29) is 36.1 Å². The van der Waals surface area contributed by atoms with E-state index in [1.807, 2.05) is 24.3 Å². The highest BCUT2D eigenvalue weighted by atomic mass is 16.3. The highest BCUT2D eigenvalue weighted by Gasteiger charge is 2.45. The molecule has 0 bridgehead atoms. The fourth-order valence-corrected chi connectivity index (χ4v) is 3.38. The minimum absolute atomic E-state index is 0.0240. The van der Waals surface area contributed by atoms with Crippen molar-refractivity contribution in [2.45, 2.75) is 18.9 Å². The van der Waals surface area contributed by atoms with Crippen LogP contribution < -0.4 is 10.6 Å². The molecule has 4 rings (SSSR count). The smallest absolute Gasteiger partial charge is 0.254 e. The maximum Gasteiger partial charge on any atom is 0.254 e. The molecule has 3 amide bonds. The van der Waals surface area contributed by atoms with Gasteiger partial charge in [-0.3, -0.25) is 14.4 Å². The van der Waals surface area contributed by atoms with E-state index in [0.717, 1.165) is 17.7 Å². The van der Waals surface area contributed by atoms with Crippen molar-refractivity contribution in [2.75, 3.05) is 19.6 Å². The van der Waals surface area contributed by atoms with Crippen LogP contribution in [0.15, 0.2) is 47.1 Å². The highest BCUT2D eigenvalue weighted by Crippen LogP contribution is 2.47. The summed E-state index contributed by atoms with van der Waals surface area (Å²) in [6.07, 6.45) is 2.44. The van der Waals surface area contributed by atoms with Gasteiger partial charge in [0.2, 0.25) is 11.8 Å². The second-order valence-electron chi connectivity index (χ2n) is 6.96. The Morgan fingerprint density at radius 3 is 2.74 bits per heavy atom. The van der Waals surface area contributed by atoms with Crippen LogP contribution in [0.4, 0.5) is 0 Å². The zero-order chi connectivity index (χ0) is 18.8. The lowest BCUT2D eigenvalue weighted by molar-refractivity contribution is -0.123. The third-order valence-electron chi connectivity index (χ3n) is 5.03. The Morgan fingerprint density at radius 2 is 2.04 bits per heavy atom. The zero-order valence-corrected chi connectivity index (χ0v) is 14.8. The molecule has 140 valence electrons. The van der Waals surface area contributed by atoms with E-state index >= 15 is 0 Å². The molecule has 1 saturated carbocycles. The monoisotopic (exact) mass is 367 g/mol. The van der Waals surface area contributed by atoms with Gasteiger partial charge in [-0.05, 0) is 36.2 Å². The largest absolute Gasteiger partial charge is 0.469 e. The van der Waals surface area contributed by atoms with Gasteiger partial charge in [0.15, 0.2) is 0 Å². The van der Waals surface area contributed by atoms with E-state index in [9.17, 15) is 14.4 Å². The molecule has 7 nitrogen and oxygen atoms in total. The molecule has 2 unspecified atom stereocenters. The quantitative estimate of drug-likeness (QED) is 0.833. The van der Waals surface area contributed by atoms with Gasteiger partial charge in [0, 0.05) is 37.0 Å². The SMILES string of the molecule is O=C1CN(C(=O)c2ccc(CNC(=O)C3CC3c3ccco3)cc2)CCN1. The average molecular weight is 367 g/mol. The van der Waals surface area contributed by atoms with Crippen LogP contribution in [0.3, 0.4) is 0 Å². The number of amides is 3. The van der Waals surface area contributed by atoms with Crippen molar-refractivity contribution in [3.05, 3.63) is 59.5 Å². The first-order valence-electron chi connectivity index (χ1n) is 9.08. The molecular weight excluding hydrogens is 346 g/mol. The van der Waals surface area contributed by atoms with Crippen LogP contribution in [0.25, 0.3) is 0 Å². The molecule has 1 saturated heterocycles. The summed E-state index contributed by atoms with van der Waals surface area (Å²) in [5, 5.41) is 5.64.